The van der Waals surface area contributed by atoms with Crippen LogP contribution in [0.4, 0.5) is 0 Å². The largest absolute Gasteiger partial charge is 0.494 e. The van der Waals surface area contributed by atoms with E-state index < -0.39 is 0 Å². The number of aryl methyl sites for hydroxylation is 1. The summed E-state index contributed by atoms with van der Waals surface area (Å²) in [6, 6.07) is 15.1. The van der Waals surface area contributed by atoms with Crippen LogP contribution in [0.2, 0.25) is 0 Å². The van der Waals surface area contributed by atoms with Crippen molar-refractivity contribution in [3.05, 3.63) is 64.5 Å². The Morgan fingerprint density at radius 2 is 1.55 bits per heavy atom. The highest BCUT2D eigenvalue weighted by atomic mass is 32.1. The molecular weight excluding hydrogens is 386 g/mol. The summed E-state index contributed by atoms with van der Waals surface area (Å²) in [5, 5.41) is 19.3. The maximum Gasteiger partial charge on any atom is 0.149 e. The highest BCUT2D eigenvalue weighted by Crippen LogP contribution is 2.24. The normalized spacial score (nSPS) is 10.6. The van der Waals surface area contributed by atoms with Crippen LogP contribution in [0.3, 0.4) is 0 Å². The molecule has 3 N–H and O–H groups in total. The predicted octanol–water partition coefficient (Wildman–Crippen LogP) is 5.05. The molecule has 0 aliphatic heterocycles. The number of nitrogens with zero attached hydrogens (tertiary/aromatic N) is 1. The van der Waals surface area contributed by atoms with Crippen molar-refractivity contribution in [2.24, 2.45) is 0 Å². The molecule has 0 atom stereocenters. The van der Waals surface area contributed by atoms with Crippen LogP contribution >= 0.6 is 11.3 Å². The average molecular weight is 412 g/mol. The van der Waals surface area contributed by atoms with E-state index in [0.29, 0.717) is 18.8 Å². The summed E-state index contributed by atoms with van der Waals surface area (Å²) in [6.07, 6.45) is 2.93. The zero-order chi connectivity index (χ0) is 20.5. The molecule has 0 aliphatic carbocycles. The molecule has 0 fully saturated rings. The number of hydrogen-bond acceptors (Lipinski definition) is 6. The third kappa shape index (κ3) is 6.30. The fraction of sp³-hybridized carbons (Fsp3) is 0.273. The number of hydrogen-bond donors (Lipinski definition) is 3. The lowest BCUT2D eigenvalue weighted by Gasteiger charge is -2.08. The maximum atomic E-state index is 8.72. The summed E-state index contributed by atoms with van der Waals surface area (Å²) in [5.74, 6) is 1.59. The average Bonchev–Trinajstić information content (AvgIpc) is 3.19. The number of rotatable bonds is 10. The molecule has 0 aliphatic rings. The minimum Gasteiger partial charge on any atom is -0.494 e. The van der Waals surface area contributed by atoms with Crippen molar-refractivity contribution < 1.29 is 14.7 Å². The van der Waals surface area contributed by atoms with E-state index in [9.17, 15) is 0 Å². The van der Waals surface area contributed by atoms with E-state index in [4.69, 9.17) is 20.1 Å². The molecule has 7 heteroatoms. The van der Waals surface area contributed by atoms with Gasteiger partial charge < -0.3 is 9.47 Å². The van der Waals surface area contributed by atoms with E-state index in [0.717, 1.165) is 47.0 Å². The van der Waals surface area contributed by atoms with Crippen molar-refractivity contribution >= 4 is 17.2 Å². The summed E-state index contributed by atoms with van der Waals surface area (Å²) < 4.78 is 11.5. The predicted molar refractivity (Wildman–Crippen MR) is 115 cm³/mol. The first-order chi connectivity index (χ1) is 14.2. The molecular formula is C22H25N3O3S. The van der Waals surface area contributed by atoms with E-state index >= 15 is 0 Å². The molecule has 6 nitrogen and oxygen atoms in total. The maximum absolute atomic E-state index is 8.72. The lowest BCUT2D eigenvalue weighted by Crippen LogP contribution is -2.18. The Kier molecular flexibility index (Phi) is 7.61. The number of thiazole rings is 1. The molecule has 0 saturated heterocycles. The molecule has 0 saturated carbocycles. The minimum absolute atomic E-state index is 0.0376. The standard InChI is InChI=1S/C22H25N3O3S/c1-16-24-21(15-29-16)17-5-9-19(10-6-17)27-13-3-2-4-14-28-20-11-7-18(8-12-20)22(23)25-26/h5-12,15,26H,2-4,13-14H2,1H3,(H2,23,25). The molecule has 1 heterocycles. The summed E-state index contributed by atoms with van der Waals surface area (Å²) in [4.78, 5) is 4.50. The first-order valence-corrected chi connectivity index (χ1v) is 10.4. The molecule has 0 amide bonds. The minimum atomic E-state index is -0.0376. The summed E-state index contributed by atoms with van der Waals surface area (Å²) >= 11 is 1.66. The van der Waals surface area contributed by atoms with Gasteiger partial charge in [0.2, 0.25) is 0 Å². The Labute approximate surface area is 174 Å². The highest BCUT2D eigenvalue weighted by molar-refractivity contribution is 7.09. The Morgan fingerprint density at radius 1 is 0.966 bits per heavy atom. The van der Waals surface area contributed by atoms with Gasteiger partial charge >= 0.3 is 0 Å². The van der Waals surface area contributed by atoms with Crippen LogP contribution in [0.5, 0.6) is 11.5 Å². The Morgan fingerprint density at radius 3 is 2.07 bits per heavy atom. The van der Waals surface area contributed by atoms with E-state index in [1.165, 1.54) is 0 Å². The number of amidine groups is 1. The summed E-state index contributed by atoms with van der Waals surface area (Å²) in [5.41, 5.74) is 4.55. The topological polar surface area (TPSA) is 87.5 Å². The first kappa shape index (κ1) is 20.8. The van der Waals surface area contributed by atoms with Gasteiger partial charge in [-0.25, -0.2) is 4.98 Å². The van der Waals surface area contributed by atoms with Crippen LogP contribution in [0.25, 0.3) is 11.3 Å². The lowest BCUT2D eigenvalue weighted by atomic mass is 10.2. The second-order valence-electron chi connectivity index (χ2n) is 6.54. The third-order valence-corrected chi connectivity index (χ3v) is 5.12. The number of aromatic nitrogens is 1. The molecule has 0 unspecified atom stereocenters. The van der Waals surface area contributed by atoms with Crippen molar-refractivity contribution in [1.29, 1.82) is 5.41 Å². The van der Waals surface area contributed by atoms with E-state index in [1.807, 2.05) is 36.7 Å². The quantitative estimate of drug-likeness (QED) is 0.188. The van der Waals surface area contributed by atoms with Gasteiger partial charge in [-0.05, 0) is 74.7 Å². The van der Waals surface area contributed by atoms with Crippen molar-refractivity contribution in [2.45, 2.75) is 26.2 Å². The van der Waals surface area contributed by atoms with Gasteiger partial charge in [-0.2, -0.15) is 0 Å². The Bertz CT molecular complexity index is 908. The summed E-state index contributed by atoms with van der Waals surface area (Å²) in [6.45, 7) is 3.33. The van der Waals surface area contributed by atoms with Gasteiger partial charge in [0.25, 0.3) is 0 Å². The van der Waals surface area contributed by atoms with E-state index in [2.05, 4.69) is 10.4 Å². The molecule has 1 aromatic heterocycles. The highest BCUT2D eigenvalue weighted by Gasteiger charge is 2.03. The number of nitrogens with one attached hydrogen (secondary N) is 2. The van der Waals surface area contributed by atoms with Crippen molar-refractivity contribution in [2.75, 3.05) is 13.2 Å². The number of benzene rings is 2. The Hall–Kier alpha value is -2.90. The van der Waals surface area contributed by atoms with Gasteiger partial charge in [-0.3, -0.25) is 16.1 Å². The van der Waals surface area contributed by atoms with Crippen molar-refractivity contribution in [3.8, 4) is 22.8 Å². The van der Waals surface area contributed by atoms with Gasteiger partial charge in [-0.1, -0.05) is 0 Å². The van der Waals surface area contributed by atoms with E-state index in [-0.39, 0.29) is 5.84 Å². The van der Waals surface area contributed by atoms with Crippen LogP contribution < -0.4 is 15.0 Å². The van der Waals surface area contributed by atoms with Crippen LogP contribution in [0.15, 0.2) is 53.9 Å². The Balaban J connectivity index is 1.29. The fourth-order valence-corrected chi connectivity index (χ4v) is 3.38. The lowest BCUT2D eigenvalue weighted by molar-refractivity contribution is 0.234. The smallest absolute Gasteiger partial charge is 0.149 e. The zero-order valence-corrected chi connectivity index (χ0v) is 17.2. The molecule has 0 spiro atoms. The molecule has 3 aromatic rings. The molecule has 29 heavy (non-hydrogen) atoms. The molecule has 0 bridgehead atoms. The second-order valence-corrected chi connectivity index (χ2v) is 7.61. The van der Waals surface area contributed by atoms with Gasteiger partial charge in [0, 0.05) is 16.5 Å². The molecule has 152 valence electrons. The van der Waals surface area contributed by atoms with E-state index in [1.54, 1.807) is 35.6 Å². The van der Waals surface area contributed by atoms with Crippen LogP contribution in [-0.2, 0) is 0 Å². The van der Waals surface area contributed by atoms with Crippen molar-refractivity contribution in [3.63, 3.8) is 0 Å². The fourth-order valence-electron chi connectivity index (χ4n) is 2.76. The number of hydroxylamine groups is 1. The third-order valence-electron chi connectivity index (χ3n) is 4.35. The number of ether oxygens (including phenoxy) is 2. The van der Waals surface area contributed by atoms with Crippen molar-refractivity contribution in [1.82, 2.24) is 10.5 Å². The van der Waals surface area contributed by atoms with Gasteiger partial charge in [0.15, 0.2) is 0 Å². The van der Waals surface area contributed by atoms with Crippen LogP contribution in [0.1, 0.15) is 29.8 Å². The molecule has 3 rings (SSSR count). The summed E-state index contributed by atoms with van der Waals surface area (Å²) in [7, 11) is 0. The van der Waals surface area contributed by atoms with Crippen LogP contribution in [0, 0.1) is 12.3 Å². The van der Waals surface area contributed by atoms with Gasteiger partial charge in [-0.15, -0.1) is 11.3 Å². The zero-order valence-electron chi connectivity index (χ0n) is 16.4. The first-order valence-electron chi connectivity index (χ1n) is 9.53. The monoisotopic (exact) mass is 411 g/mol. The molecule has 0 radical (unpaired) electrons. The van der Waals surface area contributed by atoms with Gasteiger partial charge in [0.05, 0.1) is 23.9 Å². The SMILES string of the molecule is Cc1nc(-c2ccc(OCCCCCOc3ccc(C(=N)NO)cc3)cc2)cs1. The molecule has 2 aromatic carbocycles. The second kappa shape index (κ2) is 10.6. The van der Waals surface area contributed by atoms with Crippen LogP contribution in [-0.4, -0.2) is 29.2 Å². The number of unbranched alkanes of at least 4 members (excludes halogenated alkanes) is 2. The van der Waals surface area contributed by atoms with Gasteiger partial charge in [0.1, 0.15) is 17.3 Å².